The fourth-order valence-electron chi connectivity index (χ4n) is 1.06. The molecule has 1 aromatic carbocycles. The van der Waals surface area contributed by atoms with Gasteiger partial charge in [0.1, 0.15) is 18.5 Å². The molecule has 0 radical (unpaired) electrons. The van der Waals surface area contributed by atoms with Gasteiger partial charge >= 0.3 is 0 Å². The number of nitrogens with two attached hydrogens (primary N) is 1. The Bertz CT molecular complexity index is 299. The summed E-state index contributed by atoms with van der Waals surface area (Å²) in [4.78, 5) is 0. The fourth-order valence-corrected chi connectivity index (χ4v) is 1.06. The van der Waals surface area contributed by atoms with E-state index in [1.807, 2.05) is 32.0 Å². The lowest BCUT2D eigenvalue weighted by Gasteiger charge is -2.11. The predicted octanol–water partition coefficient (Wildman–Crippen LogP) is 1.00. The van der Waals surface area contributed by atoms with Crippen molar-refractivity contribution >= 4 is 0 Å². The first-order valence-corrected chi connectivity index (χ1v) is 4.71. The third-order valence-corrected chi connectivity index (χ3v) is 2.19. The highest BCUT2D eigenvalue weighted by molar-refractivity contribution is 5.33. The van der Waals surface area contributed by atoms with E-state index in [1.165, 1.54) is 11.1 Å². The number of benzene rings is 1. The zero-order valence-corrected chi connectivity index (χ0v) is 8.66. The molecule has 0 spiro atoms. The molecule has 3 N–H and O–H groups in total. The van der Waals surface area contributed by atoms with E-state index in [-0.39, 0.29) is 13.2 Å². The molecule has 14 heavy (non-hydrogen) atoms. The molecule has 1 atom stereocenters. The summed E-state index contributed by atoms with van der Waals surface area (Å²) in [6.07, 6.45) is -0.586. The van der Waals surface area contributed by atoms with Gasteiger partial charge in [0.05, 0.1) is 0 Å². The van der Waals surface area contributed by atoms with Crippen molar-refractivity contribution in [3.05, 3.63) is 29.3 Å². The molecular formula is C11H17NO2. The molecule has 3 heteroatoms. The molecule has 0 unspecified atom stereocenters. The van der Waals surface area contributed by atoms with Crippen LogP contribution in [0.1, 0.15) is 11.1 Å². The van der Waals surface area contributed by atoms with Gasteiger partial charge in [-0.25, -0.2) is 0 Å². The number of rotatable bonds is 4. The molecule has 1 aromatic rings. The number of aliphatic hydroxyl groups is 1. The Morgan fingerprint density at radius 1 is 1.36 bits per heavy atom. The molecule has 0 saturated carbocycles. The highest BCUT2D eigenvalue weighted by atomic mass is 16.5. The van der Waals surface area contributed by atoms with Crippen LogP contribution in [0, 0.1) is 13.8 Å². The van der Waals surface area contributed by atoms with Gasteiger partial charge in [0.15, 0.2) is 0 Å². The van der Waals surface area contributed by atoms with Crippen LogP contribution < -0.4 is 10.5 Å². The molecule has 1 rings (SSSR count). The van der Waals surface area contributed by atoms with Crippen molar-refractivity contribution < 1.29 is 9.84 Å². The average Bonchev–Trinajstić information content (AvgIpc) is 2.19. The minimum atomic E-state index is -0.586. The van der Waals surface area contributed by atoms with Crippen molar-refractivity contribution in [3.63, 3.8) is 0 Å². The Labute approximate surface area is 84.5 Å². The van der Waals surface area contributed by atoms with Crippen LogP contribution in [0.15, 0.2) is 18.2 Å². The fraction of sp³-hybridized carbons (Fsp3) is 0.455. The van der Waals surface area contributed by atoms with Crippen molar-refractivity contribution in [3.8, 4) is 5.75 Å². The maximum atomic E-state index is 9.19. The van der Waals surface area contributed by atoms with Crippen molar-refractivity contribution in [2.24, 2.45) is 5.73 Å². The van der Waals surface area contributed by atoms with E-state index in [1.54, 1.807) is 0 Å². The maximum Gasteiger partial charge on any atom is 0.119 e. The van der Waals surface area contributed by atoms with Crippen LogP contribution in [0.2, 0.25) is 0 Å². The van der Waals surface area contributed by atoms with E-state index in [0.29, 0.717) is 0 Å². The summed E-state index contributed by atoms with van der Waals surface area (Å²) in [5.74, 6) is 0.778. The minimum absolute atomic E-state index is 0.227. The Balaban J connectivity index is 2.55. The van der Waals surface area contributed by atoms with E-state index < -0.39 is 6.10 Å². The van der Waals surface area contributed by atoms with Gasteiger partial charge in [-0.2, -0.15) is 0 Å². The first kappa shape index (κ1) is 11.0. The van der Waals surface area contributed by atoms with Crippen LogP contribution in [-0.4, -0.2) is 24.4 Å². The Morgan fingerprint density at radius 2 is 2.07 bits per heavy atom. The van der Waals surface area contributed by atoms with E-state index >= 15 is 0 Å². The van der Waals surface area contributed by atoms with Crippen molar-refractivity contribution in [1.29, 1.82) is 0 Å². The standard InChI is InChI=1S/C11H17NO2/c1-8-3-4-11(5-9(8)2)14-7-10(13)6-12/h3-5,10,13H,6-7,12H2,1-2H3/t10-/m1/s1. The largest absolute Gasteiger partial charge is 0.491 e. The third-order valence-electron chi connectivity index (χ3n) is 2.19. The van der Waals surface area contributed by atoms with Gasteiger partial charge in [-0.05, 0) is 37.1 Å². The molecular weight excluding hydrogens is 178 g/mol. The Kier molecular flexibility index (Phi) is 3.92. The second-order valence-corrected chi connectivity index (χ2v) is 3.45. The van der Waals surface area contributed by atoms with Crippen molar-refractivity contribution in [2.75, 3.05) is 13.2 Å². The molecule has 0 bridgehead atoms. The summed E-state index contributed by atoms with van der Waals surface area (Å²) < 4.78 is 5.36. The van der Waals surface area contributed by atoms with Crippen molar-refractivity contribution in [1.82, 2.24) is 0 Å². The topological polar surface area (TPSA) is 55.5 Å². The van der Waals surface area contributed by atoms with Gasteiger partial charge < -0.3 is 15.6 Å². The van der Waals surface area contributed by atoms with E-state index in [2.05, 4.69) is 0 Å². The van der Waals surface area contributed by atoms with Gasteiger partial charge in [0.25, 0.3) is 0 Å². The molecule has 0 amide bonds. The number of aliphatic hydroxyl groups excluding tert-OH is 1. The summed E-state index contributed by atoms with van der Waals surface area (Å²) in [5, 5.41) is 9.19. The second-order valence-electron chi connectivity index (χ2n) is 3.45. The van der Waals surface area contributed by atoms with Gasteiger partial charge in [0, 0.05) is 6.54 Å². The molecule has 0 aliphatic rings. The molecule has 78 valence electrons. The molecule has 0 aliphatic heterocycles. The molecule has 0 aliphatic carbocycles. The monoisotopic (exact) mass is 195 g/mol. The molecule has 0 fully saturated rings. The molecule has 0 saturated heterocycles. The smallest absolute Gasteiger partial charge is 0.119 e. The lowest BCUT2D eigenvalue weighted by Crippen LogP contribution is -2.26. The SMILES string of the molecule is Cc1ccc(OC[C@H](O)CN)cc1C. The first-order valence-electron chi connectivity index (χ1n) is 4.71. The van der Waals surface area contributed by atoms with Crippen LogP contribution >= 0.6 is 0 Å². The van der Waals surface area contributed by atoms with Gasteiger partial charge in [-0.3, -0.25) is 0 Å². The third kappa shape index (κ3) is 3.01. The van der Waals surface area contributed by atoms with Crippen LogP contribution in [0.25, 0.3) is 0 Å². The van der Waals surface area contributed by atoms with Gasteiger partial charge in [-0.1, -0.05) is 6.07 Å². The van der Waals surface area contributed by atoms with Crippen LogP contribution in [0.5, 0.6) is 5.75 Å². The second kappa shape index (κ2) is 4.98. The van der Waals surface area contributed by atoms with Gasteiger partial charge in [-0.15, -0.1) is 0 Å². The number of ether oxygens (including phenoxy) is 1. The lowest BCUT2D eigenvalue weighted by atomic mass is 10.1. The summed E-state index contributed by atoms with van der Waals surface area (Å²) in [7, 11) is 0. The zero-order valence-electron chi connectivity index (χ0n) is 8.66. The highest BCUT2D eigenvalue weighted by Gasteiger charge is 2.02. The molecule has 0 heterocycles. The zero-order chi connectivity index (χ0) is 10.6. The Hall–Kier alpha value is -1.06. The summed E-state index contributed by atoms with van der Waals surface area (Å²) in [6.45, 7) is 4.55. The average molecular weight is 195 g/mol. The minimum Gasteiger partial charge on any atom is -0.491 e. The van der Waals surface area contributed by atoms with Gasteiger partial charge in [0.2, 0.25) is 0 Å². The van der Waals surface area contributed by atoms with Crippen LogP contribution in [0.4, 0.5) is 0 Å². The number of hydrogen-bond acceptors (Lipinski definition) is 3. The highest BCUT2D eigenvalue weighted by Crippen LogP contribution is 2.16. The Morgan fingerprint density at radius 3 is 2.64 bits per heavy atom. The van der Waals surface area contributed by atoms with E-state index in [4.69, 9.17) is 10.5 Å². The molecule has 3 nitrogen and oxygen atoms in total. The predicted molar refractivity (Wildman–Crippen MR) is 56.5 cm³/mol. The lowest BCUT2D eigenvalue weighted by molar-refractivity contribution is 0.114. The molecule has 0 aromatic heterocycles. The summed E-state index contributed by atoms with van der Waals surface area (Å²) in [6, 6.07) is 5.85. The normalized spacial score (nSPS) is 12.6. The van der Waals surface area contributed by atoms with Crippen LogP contribution in [-0.2, 0) is 0 Å². The quantitative estimate of drug-likeness (QED) is 0.753. The summed E-state index contributed by atoms with van der Waals surface area (Å²) in [5.41, 5.74) is 7.68. The van der Waals surface area contributed by atoms with Crippen LogP contribution in [0.3, 0.4) is 0 Å². The number of hydrogen-bond donors (Lipinski definition) is 2. The van der Waals surface area contributed by atoms with Crippen molar-refractivity contribution in [2.45, 2.75) is 20.0 Å². The van der Waals surface area contributed by atoms with E-state index in [9.17, 15) is 5.11 Å². The van der Waals surface area contributed by atoms with E-state index in [0.717, 1.165) is 5.75 Å². The maximum absolute atomic E-state index is 9.19. The summed E-state index contributed by atoms with van der Waals surface area (Å²) >= 11 is 0. The first-order chi connectivity index (χ1) is 6.63. The number of aryl methyl sites for hydroxylation is 2.